The summed E-state index contributed by atoms with van der Waals surface area (Å²) in [5, 5.41) is 3.72. The van der Waals surface area contributed by atoms with Gasteiger partial charge in [-0.1, -0.05) is 38.5 Å². The normalized spacial score (nSPS) is 22.5. The summed E-state index contributed by atoms with van der Waals surface area (Å²) in [6.07, 6.45) is 4.68. The summed E-state index contributed by atoms with van der Waals surface area (Å²) in [6, 6.07) is 10.0. The van der Waals surface area contributed by atoms with Gasteiger partial charge in [0.25, 0.3) is 0 Å². The molecule has 2 rings (SSSR count). The fourth-order valence-electron chi connectivity index (χ4n) is 3.28. The van der Waals surface area contributed by atoms with E-state index in [9.17, 15) is 0 Å². The third kappa shape index (κ3) is 4.21. The van der Waals surface area contributed by atoms with Gasteiger partial charge < -0.3 is 15.0 Å². The molecule has 2 atom stereocenters. The molecule has 1 fully saturated rings. The number of nitrogens with one attached hydrogen (secondary N) is 1. The molecule has 1 aromatic carbocycles. The Morgan fingerprint density at radius 2 is 2.10 bits per heavy atom. The molecule has 1 aromatic rings. The number of piperazine rings is 1. The Hall–Kier alpha value is -1.06. The Bertz CT molecular complexity index is 421. The van der Waals surface area contributed by atoms with Gasteiger partial charge in [-0.3, -0.25) is 0 Å². The van der Waals surface area contributed by atoms with Gasteiger partial charge in [-0.05, 0) is 30.9 Å². The lowest BCUT2D eigenvalue weighted by Crippen LogP contribution is -2.56. The highest BCUT2D eigenvalue weighted by Gasteiger charge is 2.27. The Balaban J connectivity index is 2.19. The lowest BCUT2D eigenvalue weighted by Gasteiger charge is -2.42. The second kappa shape index (κ2) is 8.40. The molecule has 0 radical (unpaired) electrons. The molecule has 1 aliphatic rings. The van der Waals surface area contributed by atoms with Gasteiger partial charge in [-0.15, -0.1) is 0 Å². The van der Waals surface area contributed by atoms with Gasteiger partial charge >= 0.3 is 0 Å². The van der Waals surface area contributed by atoms with Crippen molar-refractivity contribution in [3.8, 4) is 0 Å². The van der Waals surface area contributed by atoms with Gasteiger partial charge in [-0.25, -0.2) is 0 Å². The van der Waals surface area contributed by atoms with Crippen LogP contribution in [0.25, 0.3) is 0 Å². The van der Waals surface area contributed by atoms with Crippen LogP contribution >= 0.6 is 0 Å². The summed E-state index contributed by atoms with van der Waals surface area (Å²) < 4.78 is 5.27. The number of hydrogen-bond donors (Lipinski definition) is 1. The van der Waals surface area contributed by atoms with E-state index in [0.717, 1.165) is 26.1 Å². The predicted molar refractivity (Wildman–Crippen MR) is 90.1 cm³/mol. The second-order valence-electron chi connectivity index (χ2n) is 5.98. The molecule has 1 aliphatic heterocycles. The van der Waals surface area contributed by atoms with Crippen LogP contribution in [0.2, 0.25) is 0 Å². The van der Waals surface area contributed by atoms with Crippen molar-refractivity contribution >= 4 is 5.69 Å². The second-order valence-corrected chi connectivity index (χ2v) is 5.98. The number of hydrogen-bond acceptors (Lipinski definition) is 3. The summed E-state index contributed by atoms with van der Waals surface area (Å²) in [5.41, 5.74) is 2.82. The van der Waals surface area contributed by atoms with E-state index in [2.05, 4.69) is 48.3 Å². The molecule has 3 nitrogen and oxygen atoms in total. The number of ether oxygens (including phenoxy) is 1. The SMILES string of the molecule is CCCC1CN(c2ccccc2CCOC)C(CC)CN1. The molecule has 1 heterocycles. The van der Waals surface area contributed by atoms with Gasteiger partial charge in [0, 0.05) is 38.0 Å². The molecule has 1 N–H and O–H groups in total. The van der Waals surface area contributed by atoms with Gasteiger partial charge in [0.15, 0.2) is 0 Å². The topological polar surface area (TPSA) is 24.5 Å². The molecule has 21 heavy (non-hydrogen) atoms. The van der Waals surface area contributed by atoms with Crippen LogP contribution in [0.1, 0.15) is 38.7 Å². The molecule has 0 spiro atoms. The van der Waals surface area contributed by atoms with Crippen molar-refractivity contribution in [2.24, 2.45) is 0 Å². The fourth-order valence-corrected chi connectivity index (χ4v) is 3.28. The number of benzene rings is 1. The van der Waals surface area contributed by atoms with Crippen molar-refractivity contribution < 1.29 is 4.74 Å². The molecular formula is C18H30N2O. The Labute approximate surface area is 129 Å². The first-order valence-corrected chi connectivity index (χ1v) is 8.37. The molecule has 0 aliphatic carbocycles. The quantitative estimate of drug-likeness (QED) is 0.834. The van der Waals surface area contributed by atoms with Crippen molar-refractivity contribution in [3.05, 3.63) is 29.8 Å². The van der Waals surface area contributed by atoms with Crippen LogP contribution in [0.5, 0.6) is 0 Å². The largest absolute Gasteiger partial charge is 0.384 e. The predicted octanol–water partition coefficient (Wildman–Crippen LogP) is 3.23. The summed E-state index contributed by atoms with van der Waals surface area (Å²) in [5.74, 6) is 0. The molecule has 1 saturated heterocycles. The zero-order valence-corrected chi connectivity index (χ0v) is 13.8. The lowest BCUT2D eigenvalue weighted by molar-refractivity contribution is 0.202. The average molecular weight is 290 g/mol. The summed E-state index contributed by atoms with van der Waals surface area (Å²) in [6.45, 7) is 7.57. The highest BCUT2D eigenvalue weighted by atomic mass is 16.5. The fraction of sp³-hybridized carbons (Fsp3) is 0.667. The van der Waals surface area contributed by atoms with Crippen LogP contribution in [-0.4, -0.2) is 38.9 Å². The Morgan fingerprint density at radius 1 is 1.29 bits per heavy atom. The first-order valence-electron chi connectivity index (χ1n) is 8.37. The Kier molecular flexibility index (Phi) is 6.52. The van der Waals surface area contributed by atoms with Crippen LogP contribution in [-0.2, 0) is 11.2 Å². The standard InChI is InChI=1S/C18H30N2O/c1-4-8-16-14-20(17(5-2)13-19-16)18-10-7-6-9-15(18)11-12-21-3/h6-7,9-10,16-17,19H,4-5,8,11-14H2,1-3H3. The lowest BCUT2D eigenvalue weighted by atomic mass is 10.00. The van der Waals surface area contributed by atoms with Crippen molar-refractivity contribution in [2.75, 3.05) is 31.7 Å². The maximum atomic E-state index is 5.27. The van der Waals surface area contributed by atoms with E-state index in [1.54, 1.807) is 7.11 Å². The first-order chi connectivity index (χ1) is 10.3. The zero-order valence-electron chi connectivity index (χ0n) is 13.8. The minimum Gasteiger partial charge on any atom is -0.384 e. The minimum atomic E-state index is 0.599. The third-order valence-corrected chi connectivity index (χ3v) is 4.48. The van der Waals surface area contributed by atoms with E-state index < -0.39 is 0 Å². The van der Waals surface area contributed by atoms with Crippen molar-refractivity contribution in [1.82, 2.24) is 5.32 Å². The monoisotopic (exact) mass is 290 g/mol. The van der Waals surface area contributed by atoms with E-state index in [0.29, 0.717) is 12.1 Å². The number of anilines is 1. The zero-order chi connectivity index (χ0) is 15.1. The molecule has 0 amide bonds. The van der Waals surface area contributed by atoms with Crippen molar-refractivity contribution in [2.45, 2.75) is 51.6 Å². The summed E-state index contributed by atoms with van der Waals surface area (Å²) in [7, 11) is 1.78. The Morgan fingerprint density at radius 3 is 2.81 bits per heavy atom. The van der Waals surface area contributed by atoms with E-state index >= 15 is 0 Å². The summed E-state index contributed by atoms with van der Waals surface area (Å²) in [4.78, 5) is 2.63. The summed E-state index contributed by atoms with van der Waals surface area (Å²) >= 11 is 0. The van der Waals surface area contributed by atoms with E-state index in [1.165, 1.54) is 30.5 Å². The highest BCUT2D eigenvalue weighted by Crippen LogP contribution is 2.26. The van der Waals surface area contributed by atoms with Crippen molar-refractivity contribution in [1.29, 1.82) is 0 Å². The third-order valence-electron chi connectivity index (χ3n) is 4.48. The van der Waals surface area contributed by atoms with Gasteiger partial charge in [0.2, 0.25) is 0 Å². The maximum absolute atomic E-state index is 5.27. The molecule has 118 valence electrons. The first kappa shape index (κ1) is 16.3. The maximum Gasteiger partial charge on any atom is 0.0503 e. The van der Waals surface area contributed by atoms with Gasteiger partial charge in [-0.2, -0.15) is 0 Å². The molecule has 2 unspecified atom stereocenters. The smallest absolute Gasteiger partial charge is 0.0503 e. The van der Waals surface area contributed by atoms with E-state index in [4.69, 9.17) is 4.74 Å². The molecule has 3 heteroatoms. The van der Waals surface area contributed by atoms with Crippen molar-refractivity contribution in [3.63, 3.8) is 0 Å². The van der Waals surface area contributed by atoms with Crippen LogP contribution < -0.4 is 10.2 Å². The minimum absolute atomic E-state index is 0.599. The highest BCUT2D eigenvalue weighted by molar-refractivity contribution is 5.55. The number of methoxy groups -OCH3 is 1. The molecular weight excluding hydrogens is 260 g/mol. The van der Waals surface area contributed by atoms with Gasteiger partial charge in [0.1, 0.15) is 0 Å². The number of rotatable bonds is 7. The molecule has 0 aromatic heterocycles. The van der Waals surface area contributed by atoms with Crippen LogP contribution in [0.3, 0.4) is 0 Å². The van der Waals surface area contributed by atoms with E-state index in [-0.39, 0.29) is 0 Å². The van der Waals surface area contributed by atoms with E-state index in [1.807, 2.05) is 0 Å². The van der Waals surface area contributed by atoms with Crippen LogP contribution in [0.15, 0.2) is 24.3 Å². The number of nitrogens with zero attached hydrogens (tertiary/aromatic N) is 1. The molecule has 0 saturated carbocycles. The van der Waals surface area contributed by atoms with Crippen LogP contribution in [0.4, 0.5) is 5.69 Å². The van der Waals surface area contributed by atoms with Gasteiger partial charge in [0.05, 0.1) is 6.61 Å². The molecule has 0 bridgehead atoms. The van der Waals surface area contributed by atoms with Crippen LogP contribution in [0, 0.1) is 0 Å². The average Bonchev–Trinajstić information content (AvgIpc) is 2.53. The number of para-hydroxylation sites is 1.